The molecule has 6 nitrogen and oxygen atoms in total. The van der Waals surface area contributed by atoms with Gasteiger partial charge in [-0.2, -0.15) is 4.98 Å². The predicted molar refractivity (Wildman–Crippen MR) is 117 cm³/mol. The zero-order valence-corrected chi connectivity index (χ0v) is 19.4. The summed E-state index contributed by atoms with van der Waals surface area (Å²) in [6.45, 7) is 14.7. The number of aromatic nitrogens is 2. The molecule has 1 saturated heterocycles. The zero-order chi connectivity index (χ0) is 18.3. The monoisotopic (exact) mass is 477 g/mol. The van der Waals surface area contributed by atoms with Crippen molar-refractivity contribution >= 4 is 29.9 Å². The third kappa shape index (κ3) is 6.70. The Morgan fingerprint density at radius 1 is 1.38 bits per heavy atom. The summed E-state index contributed by atoms with van der Waals surface area (Å²) in [5.74, 6) is 2.77. The Morgan fingerprint density at radius 2 is 2.15 bits per heavy atom. The molecule has 1 aromatic rings. The molecule has 1 aromatic heterocycles. The van der Waals surface area contributed by atoms with Crippen molar-refractivity contribution in [2.24, 2.45) is 10.4 Å². The van der Waals surface area contributed by atoms with E-state index in [1.54, 1.807) is 0 Å². The molecule has 26 heavy (non-hydrogen) atoms. The van der Waals surface area contributed by atoms with Crippen LogP contribution in [-0.4, -0.2) is 47.2 Å². The number of likely N-dealkylation sites (tertiary alicyclic amines) is 1. The average Bonchev–Trinajstić information content (AvgIpc) is 3.03. The SMILES string of the molecule is CCCC1(C)CCCN(C(=NCCc2nc(C(C)C)no2)NCC)C1.I. The molecule has 1 aliphatic heterocycles. The molecule has 1 atom stereocenters. The molecule has 1 unspecified atom stereocenters. The van der Waals surface area contributed by atoms with Gasteiger partial charge in [-0.25, -0.2) is 0 Å². The molecule has 150 valence electrons. The summed E-state index contributed by atoms with van der Waals surface area (Å²) < 4.78 is 5.31. The Balaban J connectivity index is 0.00000338. The highest BCUT2D eigenvalue weighted by Crippen LogP contribution is 2.33. The minimum absolute atomic E-state index is 0. The molecule has 0 aromatic carbocycles. The van der Waals surface area contributed by atoms with Crippen molar-refractivity contribution in [2.75, 3.05) is 26.2 Å². The molecule has 2 heterocycles. The number of piperidine rings is 1. The fourth-order valence-corrected chi connectivity index (χ4v) is 3.59. The average molecular weight is 477 g/mol. The van der Waals surface area contributed by atoms with Crippen molar-refractivity contribution in [1.29, 1.82) is 0 Å². The molecular weight excluding hydrogens is 441 g/mol. The van der Waals surface area contributed by atoms with Gasteiger partial charge in [-0.15, -0.1) is 24.0 Å². The van der Waals surface area contributed by atoms with Crippen LogP contribution in [0.25, 0.3) is 0 Å². The molecule has 0 spiro atoms. The van der Waals surface area contributed by atoms with Crippen LogP contribution < -0.4 is 5.32 Å². The molecule has 1 N–H and O–H groups in total. The van der Waals surface area contributed by atoms with Crippen LogP contribution in [-0.2, 0) is 6.42 Å². The van der Waals surface area contributed by atoms with Crippen molar-refractivity contribution in [1.82, 2.24) is 20.4 Å². The first-order valence-corrected chi connectivity index (χ1v) is 9.83. The summed E-state index contributed by atoms with van der Waals surface area (Å²) in [5.41, 5.74) is 0.405. The maximum absolute atomic E-state index is 5.31. The van der Waals surface area contributed by atoms with Gasteiger partial charge >= 0.3 is 0 Å². The van der Waals surface area contributed by atoms with Crippen LogP contribution in [0.5, 0.6) is 0 Å². The highest BCUT2D eigenvalue weighted by atomic mass is 127. The van der Waals surface area contributed by atoms with Gasteiger partial charge in [0, 0.05) is 32.0 Å². The Labute approximate surface area is 175 Å². The normalized spacial score (nSPS) is 21.0. The van der Waals surface area contributed by atoms with Gasteiger partial charge in [0.25, 0.3) is 0 Å². The van der Waals surface area contributed by atoms with Crippen molar-refractivity contribution in [3.63, 3.8) is 0 Å². The number of nitrogens with one attached hydrogen (secondary N) is 1. The summed E-state index contributed by atoms with van der Waals surface area (Å²) in [4.78, 5) is 11.7. The molecule has 2 rings (SSSR count). The van der Waals surface area contributed by atoms with E-state index < -0.39 is 0 Å². The maximum Gasteiger partial charge on any atom is 0.228 e. The third-order valence-electron chi connectivity index (χ3n) is 4.86. The lowest BCUT2D eigenvalue weighted by Gasteiger charge is -2.42. The summed E-state index contributed by atoms with van der Waals surface area (Å²) in [5, 5.41) is 7.47. The van der Waals surface area contributed by atoms with Crippen LogP contribution in [0.2, 0.25) is 0 Å². The zero-order valence-electron chi connectivity index (χ0n) is 17.0. The van der Waals surface area contributed by atoms with E-state index in [0.717, 1.165) is 31.4 Å². The molecule has 7 heteroatoms. The Kier molecular flexibility index (Phi) is 9.89. The number of nitrogens with zero attached hydrogens (tertiary/aromatic N) is 4. The second-order valence-corrected chi connectivity index (χ2v) is 7.77. The Hall–Kier alpha value is -0.860. The van der Waals surface area contributed by atoms with Crippen LogP contribution in [0, 0.1) is 5.41 Å². The molecule has 0 aliphatic carbocycles. The largest absolute Gasteiger partial charge is 0.357 e. The second kappa shape index (κ2) is 11.1. The van der Waals surface area contributed by atoms with E-state index in [4.69, 9.17) is 9.52 Å². The van der Waals surface area contributed by atoms with Crippen molar-refractivity contribution in [2.45, 2.75) is 72.6 Å². The molecular formula is C19H36IN5O. The first kappa shape index (κ1) is 23.2. The minimum Gasteiger partial charge on any atom is -0.357 e. The molecule has 0 amide bonds. The lowest BCUT2D eigenvalue weighted by molar-refractivity contribution is 0.142. The number of rotatable bonds is 7. The van der Waals surface area contributed by atoms with E-state index in [9.17, 15) is 0 Å². The van der Waals surface area contributed by atoms with Gasteiger partial charge in [-0.1, -0.05) is 39.3 Å². The van der Waals surface area contributed by atoms with Gasteiger partial charge in [-0.05, 0) is 31.6 Å². The van der Waals surface area contributed by atoms with Crippen LogP contribution in [0.15, 0.2) is 9.52 Å². The first-order chi connectivity index (χ1) is 12.0. The summed E-state index contributed by atoms with van der Waals surface area (Å²) >= 11 is 0. The topological polar surface area (TPSA) is 66.5 Å². The van der Waals surface area contributed by atoms with E-state index in [2.05, 4.69) is 55.0 Å². The van der Waals surface area contributed by atoms with Gasteiger partial charge in [0.15, 0.2) is 11.8 Å². The number of guanidine groups is 1. The highest BCUT2D eigenvalue weighted by molar-refractivity contribution is 14.0. The van der Waals surface area contributed by atoms with E-state index >= 15 is 0 Å². The van der Waals surface area contributed by atoms with Gasteiger partial charge < -0.3 is 14.7 Å². The van der Waals surface area contributed by atoms with E-state index in [-0.39, 0.29) is 24.0 Å². The molecule has 1 fully saturated rings. The fraction of sp³-hybridized carbons (Fsp3) is 0.842. The van der Waals surface area contributed by atoms with Crippen LogP contribution in [0.4, 0.5) is 0 Å². The standard InChI is InChI=1S/C19H35N5O.HI/c1-6-10-19(5)11-8-13-24(14-19)18(20-7-2)21-12-9-16-22-17(15(3)4)23-25-16;/h15H,6-14H2,1-5H3,(H,20,21);1H. The highest BCUT2D eigenvalue weighted by Gasteiger charge is 2.31. The maximum atomic E-state index is 5.31. The van der Waals surface area contributed by atoms with E-state index in [0.29, 0.717) is 30.2 Å². The summed E-state index contributed by atoms with van der Waals surface area (Å²) in [6, 6.07) is 0. The van der Waals surface area contributed by atoms with E-state index in [1.807, 2.05) is 0 Å². The molecule has 0 bridgehead atoms. The Morgan fingerprint density at radius 3 is 2.77 bits per heavy atom. The quantitative estimate of drug-likeness (QED) is 0.362. The summed E-state index contributed by atoms with van der Waals surface area (Å²) in [7, 11) is 0. The predicted octanol–water partition coefficient (Wildman–Crippen LogP) is 4.22. The van der Waals surface area contributed by atoms with Crippen molar-refractivity contribution in [3.8, 4) is 0 Å². The number of aliphatic imine (C=N–C) groups is 1. The van der Waals surface area contributed by atoms with Gasteiger partial charge in [0.1, 0.15) is 0 Å². The second-order valence-electron chi connectivity index (χ2n) is 7.77. The Bertz CT molecular complexity index is 556. The fourth-order valence-electron chi connectivity index (χ4n) is 3.59. The van der Waals surface area contributed by atoms with Crippen LogP contribution in [0.1, 0.15) is 77.9 Å². The van der Waals surface area contributed by atoms with Gasteiger partial charge in [0.05, 0.1) is 6.54 Å². The van der Waals surface area contributed by atoms with Crippen LogP contribution >= 0.6 is 24.0 Å². The van der Waals surface area contributed by atoms with Crippen molar-refractivity contribution < 1.29 is 4.52 Å². The van der Waals surface area contributed by atoms with Gasteiger partial charge in [0.2, 0.25) is 5.89 Å². The molecule has 0 radical (unpaired) electrons. The third-order valence-corrected chi connectivity index (χ3v) is 4.86. The number of halogens is 1. The van der Waals surface area contributed by atoms with Gasteiger partial charge in [-0.3, -0.25) is 4.99 Å². The number of hydrogen-bond donors (Lipinski definition) is 1. The molecule has 1 aliphatic rings. The lowest BCUT2D eigenvalue weighted by atomic mass is 9.78. The van der Waals surface area contributed by atoms with Crippen LogP contribution in [0.3, 0.4) is 0 Å². The minimum atomic E-state index is 0. The lowest BCUT2D eigenvalue weighted by Crippen LogP contribution is -2.49. The number of hydrogen-bond acceptors (Lipinski definition) is 4. The summed E-state index contributed by atoms with van der Waals surface area (Å²) in [6.07, 6.45) is 5.77. The van der Waals surface area contributed by atoms with Crippen molar-refractivity contribution in [3.05, 3.63) is 11.7 Å². The smallest absolute Gasteiger partial charge is 0.228 e. The van der Waals surface area contributed by atoms with E-state index in [1.165, 1.54) is 25.7 Å². The first-order valence-electron chi connectivity index (χ1n) is 9.83. The molecule has 0 saturated carbocycles.